The fourth-order valence-corrected chi connectivity index (χ4v) is 2.82. The molecule has 0 spiro atoms. The molecule has 0 radical (unpaired) electrons. The summed E-state index contributed by atoms with van der Waals surface area (Å²) in [7, 11) is 0. The summed E-state index contributed by atoms with van der Waals surface area (Å²) in [5, 5.41) is 0. The van der Waals surface area contributed by atoms with Crippen LogP contribution in [-0.4, -0.2) is 12.6 Å². The smallest absolute Gasteiger partial charge is 0.331 e. The Hall–Kier alpha value is -1.83. The van der Waals surface area contributed by atoms with Gasteiger partial charge in [0, 0.05) is 6.08 Å². The minimum absolute atomic E-state index is 0.194. The zero-order valence-corrected chi connectivity index (χ0v) is 17.4. The number of ether oxygens (including phenoxy) is 1. The molecule has 0 bridgehead atoms. The second kappa shape index (κ2) is 12.5. The van der Waals surface area contributed by atoms with Gasteiger partial charge in [0.1, 0.15) is 6.61 Å². The van der Waals surface area contributed by atoms with Crippen molar-refractivity contribution in [3.63, 3.8) is 0 Å². The fourth-order valence-electron chi connectivity index (χ4n) is 2.82. The number of hydrogen-bond acceptors (Lipinski definition) is 2. The monoisotopic (exact) mass is 356 g/mol. The van der Waals surface area contributed by atoms with Gasteiger partial charge in [-0.25, -0.2) is 4.79 Å². The van der Waals surface area contributed by atoms with Gasteiger partial charge < -0.3 is 4.74 Å². The van der Waals surface area contributed by atoms with Gasteiger partial charge >= 0.3 is 5.97 Å². The summed E-state index contributed by atoms with van der Waals surface area (Å²) in [5.41, 5.74) is 6.86. The summed E-state index contributed by atoms with van der Waals surface area (Å²) in [6, 6.07) is 0. The van der Waals surface area contributed by atoms with Gasteiger partial charge in [0.15, 0.2) is 0 Å². The molecule has 0 aliphatic carbocycles. The van der Waals surface area contributed by atoms with Gasteiger partial charge in [-0.2, -0.15) is 0 Å². The predicted molar refractivity (Wildman–Crippen MR) is 112 cm³/mol. The van der Waals surface area contributed by atoms with Crippen molar-refractivity contribution >= 4 is 5.97 Å². The van der Waals surface area contributed by atoms with Crippen molar-refractivity contribution in [3.05, 3.63) is 58.2 Å². The Kier molecular flexibility index (Phi) is 10.7. The van der Waals surface area contributed by atoms with Gasteiger partial charge in [-0.1, -0.05) is 46.6 Å². The van der Waals surface area contributed by atoms with E-state index in [0.717, 1.165) is 44.1 Å². The molecule has 2 nitrogen and oxygen atoms in total. The zero-order chi connectivity index (χ0) is 19.4. The molecule has 0 aromatic carbocycles. The Morgan fingerprint density at radius 1 is 0.885 bits per heavy atom. The van der Waals surface area contributed by atoms with Crippen molar-refractivity contribution in [1.29, 1.82) is 0 Å². The van der Waals surface area contributed by atoms with Gasteiger partial charge in [-0.15, -0.1) is 0 Å². The second-order valence-corrected chi connectivity index (χ2v) is 7.66. The third-order valence-electron chi connectivity index (χ3n) is 4.58. The van der Waals surface area contributed by atoms with E-state index in [1.165, 1.54) is 28.7 Å². The fraction of sp³-hybridized carbons (Fsp3) is 0.542. The first kappa shape index (κ1) is 22.2. The summed E-state index contributed by atoms with van der Waals surface area (Å²) >= 11 is 0. The number of carbonyl (C=O) groups is 1. The summed E-state index contributed by atoms with van der Waals surface area (Å²) in [6.45, 7) is 11.4. The largest absolute Gasteiger partial charge is 0.458 e. The summed E-state index contributed by atoms with van der Waals surface area (Å²) in [5.74, 6) is -0.194. The van der Waals surface area contributed by atoms with E-state index in [1.54, 1.807) is 6.08 Å². The minimum Gasteiger partial charge on any atom is -0.458 e. The van der Waals surface area contributed by atoms with Crippen LogP contribution in [-0.2, 0) is 9.53 Å². The summed E-state index contributed by atoms with van der Waals surface area (Å²) in [6.07, 6.45) is 18.5. The van der Waals surface area contributed by atoms with Crippen LogP contribution in [0, 0.1) is 0 Å². The van der Waals surface area contributed by atoms with Crippen molar-refractivity contribution in [2.24, 2.45) is 0 Å². The van der Waals surface area contributed by atoms with E-state index in [2.05, 4.69) is 58.9 Å². The van der Waals surface area contributed by atoms with Crippen molar-refractivity contribution in [2.45, 2.75) is 79.6 Å². The number of cyclic esters (lactones) is 1. The molecule has 0 fully saturated rings. The van der Waals surface area contributed by atoms with E-state index in [1.807, 2.05) is 0 Å². The maximum atomic E-state index is 11.0. The van der Waals surface area contributed by atoms with Gasteiger partial charge in [0.05, 0.1) is 0 Å². The number of hydrogen-bond donors (Lipinski definition) is 0. The van der Waals surface area contributed by atoms with Crippen molar-refractivity contribution in [3.8, 4) is 0 Å². The molecule has 0 aromatic heterocycles. The number of carbonyl (C=O) groups excluding carboxylic acids is 1. The molecule has 0 saturated heterocycles. The molecule has 1 rings (SSSR count). The SMILES string of the molecule is CC(C)=CCC/C(C)=C/CC/C(C)=C/C/C(C)=C/CCC1=CC(=O)OC1. The van der Waals surface area contributed by atoms with E-state index in [-0.39, 0.29) is 5.97 Å². The van der Waals surface area contributed by atoms with Crippen LogP contribution in [0.5, 0.6) is 0 Å². The lowest BCUT2D eigenvalue weighted by molar-refractivity contribution is -0.134. The lowest BCUT2D eigenvalue weighted by Crippen LogP contribution is -1.91. The maximum Gasteiger partial charge on any atom is 0.331 e. The summed E-state index contributed by atoms with van der Waals surface area (Å²) < 4.78 is 4.92. The lowest BCUT2D eigenvalue weighted by atomic mass is 10.0. The highest BCUT2D eigenvalue weighted by Crippen LogP contribution is 2.16. The molecule has 1 aliphatic heterocycles. The number of esters is 1. The topological polar surface area (TPSA) is 26.3 Å². The van der Waals surface area contributed by atoms with Gasteiger partial charge in [0.2, 0.25) is 0 Å². The Bertz CT molecular complexity index is 608. The van der Waals surface area contributed by atoms with Crippen LogP contribution in [0.15, 0.2) is 58.2 Å². The Morgan fingerprint density at radius 3 is 2.12 bits per heavy atom. The maximum absolute atomic E-state index is 11.0. The van der Waals surface area contributed by atoms with Crippen LogP contribution in [0.25, 0.3) is 0 Å². The lowest BCUT2D eigenvalue weighted by Gasteiger charge is -2.03. The quantitative estimate of drug-likeness (QED) is 0.294. The van der Waals surface area contributed by atoms with Gasteiger partial charge in [-0.05, 0) is 85.1 Å². The predicted octanol–water partition coefficient (Wildman–Crippen LogP) is 7.01. The minimum atomic E-state index is -0.194. The molecule has 1 heterocycles. The van der Waals surface area contributed by atoms with Gasteiger partial charge in [0.25, 0.3) is 0 Å². The molecule has 0 unspecified atom stereocenters. The Balaban J connectivity index is 2.25. The normalized spacial score (nSPS) is 15.8. The molecule has 26 heavy (non-hydrogen) atoms. The van der Waals surface area contributed by atoms with Crippen molar-refractivity contribution in [2.75, 3.05) is 6.61 Å². The highest BCUT2D eigenvalue weighted by molar-refractivity contribution is 5.85. The van der Waals surface area contributed by atoms with Crippen molar-refractivity contribution in [1.82, 2.24) is 0 Å². The molecule has 0 amide bonds. The first-order chi connectivity index (χ1) is 12.4. The first-order valence-electron chi connectivity index (χ1n) is 9.83. The second-order valence-electron chi connectivity index (χ2n) is 7.66. The highest BCUT2D eigenvalue weighted by Gasteiger charge is 2.11. The molecule has 0 atom stereocenters. The van der Waals surface area contributed by atoms with Crippen LogP contribution in [0.1, 0.15) is 79.6 Å². The average molecular weight is 357 g/mol. The number of allylic oxidation sites excluding steroid dienone is 8. The van der Waals surface area contributed by atoms with Gasteiger partial charge in [-0.3, -0.25) is 0 Å². The van der Waals surface area contributed by atoms with E-state index in [9.17, 15) is 4.79 Å². The third kappa shape index (κ3) is 10.9. The van der Waals surface area contributed by atoms with E-state index < -0.39 is 0 Å². The van der Waals surface area contributed by atoms with Crippen LogP contribution >= 0.6 is 0 Å². The molecular formula is C24H36O2. The van der Waals surface area contributed by atoms with Crippen LogP contribution in [0.2, 0.25) is 0 Å². The standard InChI is InChI=1S/C24H36O2/c1-19(2)9-6-10-20(3)11-7-12-21(4)15-16-22(5)13-8-14-23-17-24(25)26-18-23/h9,11,13,15,17H,6-8,10,12,14,16,18H2,1-5H3/b20-11+,21-15+,22-13+. The van der Waals surface area contributed by atoms with E-state index in [0.29, 0.717) is 6.61 Å². The van der Waals surface area contributed by atoms with E-state index in [4.69, 9.17) is 4.74 Å². The zero-order valence-electron chi connectivity index (χ0n) is 17.4. The van der Waals surface area contributed by atoms with Crippen LogP contribution in [0.4, 0.5) is 0 Å². The molecule has 0 N–H and O–H groups in total. The molecule has 0 saturated carbocycles. The van der Waals surface area contributed by atoms with E-state index >= 15 is 0 Å². The molecule has 2 heteroatoms. The Labute approximate surface area is 160 Å². The number of rotatable bonds is 11. The van der Waals surface area contributed by atoms with Crippen LogP contribution < -0.4 is 0 Å². The van der Waals surface area contributed by atoms with Crippen LogP contribution in [0.3, 0.4) is 0 Å². The van der Waals surface area contributed by atoms with Crippen molar-refractivity contribution < 1.29 is 9.53 Å². The summed E-state index contributed by atoms with van der Waals surface area (Å²) in [4.78, 5) is 11.0. The Morgan fingerprint density at radius 2 is 1.50 bits per heavy atom. The first-order valence-corrected chi connectivity index (χ1v) is 9.83. The molecule has 1 aliphatic rings. The molecule has 0 aromatic rings. The molecular weight excluding hydrogens is 320 g/mol. The molecule has 144 valence electrons. The third-order valence-corrected chi connectivity index (χ3v) is 4.58. The highest BCUT2D eigenvalue weighted by atomic mass is 16.5. The average Bonchev–Trinajstić information content (AvgIpc) is 2.98.